The second kappa shape index (κ2) is 8.39. The minimum atomic E-state index is -0.162. The highest BCUT2D eigenvalue weighted by atomic mass is 16.1. The van der Waals surface area contributed by atoms with Crippen molar-refractivity contribution in [3.8, 4) is 0 Å². The fourth-order valence-corrected chi connectivity index (χ4v) is 5.05. The molecule has 2 aromatic heterocycles. The van der Waals surface area contributed by atoms with Crippen LogP contribution in [0.15, 0.2) is 47.4 Å². The van der Waals surface area contributed by atoms with E-state index >= 15 is 0 Å². The summed E-state index contributed by atoms with van der Waals surface area (Å²) in [6.45, 7) is 4.80. The monoisotopic (exact) mass is 431 g/mol. The van der Waals surface area contributed by atoms with E-state index in [2.05, 4.69) is 43.3 Å². The zero-order valence-electron chi connectivity index (χ0n) is 18.6. The number of benzene rings is 1. The van der Waals surface area contributed by atoms with Gasteiger partial charge in [0.25, 0.3) is 11.5 Å². The number of carbonyl (C=O) groups excluding carboxylic acids is 1. The average Bonchev–Trinajstić information content (AvgIpc) is 2.79. The number of pyridine rings is 2. The molecule has 0 radical (unpaired) electrons. The van der Waals surface area contributed by atoms with Crippen molar-refractivity contribution in [2.24, 2.45) is 0 Å². The third kappa shape index (κ3) is 3.66. The molecule has 0 unspecified atom stereocenters. The Morgan fingerprint density at radius 1 is 1.16 bits per heavy atom. The van der Waals surface area contributed by atoms with Gasteiger partial charge in [-0.3, -0.25) is 14.5 Å². The van der Waals surface area contributed by atoms with Crippen LogP contribution in [0.2, 0.25) is 0 Å². The zero-order valence-corrected chi connectivity index (χ0v) is 18.6. The molecule has 166 valence electrons. The lowest BCUT2D eigenvalue weighted by atomic mass is 9.81. The molecule has 3 aromatic rings. The molecule has 2 N–H and O–H groups in total. The Morgan fingerprint density at radius 3 is 2.69 bits per heavy atom. The Labute approximate surface area is 187 Å². The van der Waals surface area contributed by atoms with Gasteiger partial charge in [0.2, 0.25) is 0 Å². The minimum absolute atomic E-state index is 0.0147. The van der Waals surface area contributed by atoms with Crippen molar-refractivity contribution in [1.82, 2.24) is 20.2 Å². The third-order valence-corrected chi connectivity index (χ3v) is 6.99. The van der Waals surface area contributed by atoms with Crippen LogP contribution in [-0.4, -0.2) is 53.0 Å². The first-order valence-corrected chi connectivity index (χ1v) is 11.4. The molecule has 1 aromatic carbocycles. The van der Waals surface area contributed by atoms with Crippen molar-refractivity contribution < 1.29 is 4.79 Å². The summed E-state index contributed by atoms with van der Waals surface area (Å²) in [5.41, 5.74) is 4.52. The fraction of sp³-hybridized carbons (Fsp3) is 0.400. The molecule has 2 atom stereocenters. The number of aryl methyl sites for hydroxylation is 1. The smallest absolute Gasteiger partial charge is 0.269 e. The molecule has 7 nitrogen and oxygen atoms in total. The number of H-pyrrole nitrogens is 1. The summed E-state index contributed by atoms with van der Waals surface area (Å²) in [5.74, 6) is -0.162. The number of nitrogens with zero attached hydrogens (tertiary/aromatic N) is 3. The molecular weight excluding hydrogens is 402 g/mol. The van der Waals surface area contributed by atoms with Gasteiger partial charge in [0.15, 0.2) is 0 Å². The van der Waals surface area contributed by atoms with Crippen molar-refractivity contribution in [2.75, 3.05) is 25.0 Å². The summed E-state index contributed by atoms with van der Waals surface area (Å²) in [6, 6.07) is 13.2. The van der Waals surface area contributed by atoms with Crippen LogP contribution < -0.4 is 15.8 Å². The number of anilines is 1. The van der Waals surface area contributed by atoms with E-state index in [4.69, 9.17) is 0 Å². The van der Waals surface area contributed by atoms with E-state index < -0.39 is 0 Å². The minimum Gasteiger partial charge on any atom is -0.364 e. The lowest BCUT2D eigenvalue weighted by molar-refractivity contribution is 0.0659. The summed E-state index contributed by atoms with van der Waals surface area (Å²) in [4.78, 5) is 36.4. The molecule has 1 aliphatic carbocycles. The highest BCUT2D eigenvalue weighted by Gasteiger charge is 2.42. The van der Waals surface area contributed by atoms with Gasteiger partial charge in [0.05, 0.1) is 11.9 Å². The first-order valence-electron chi connectivity index (χ1n) is 11.4. The fourth-order valence-electron chi connectivity index (χ4n) is 5.05. The Morgan fingerprint density at radius 2 is 2.00 bits per heavy atom. The van der Waals surface area contributed by atoms with Gasteiger partial charge in [-0.05, 0) is 54.5 Å². The highest BCUT2D eigenvalue weighted by Crippen LogP contribution is 2.37. The lowest BCUT2D eigenvalue weighted by Gasteiger charge is -2.54. The van der Waals surface area contributed by atoms with Crippen LogP contribution in [-0.2, 0) is 13.0 Å². The SMILES string of the molecule is CCc1cc2ccc(CN3CCN(c4ccc(C(=O)NC)nc4)[C@@H]4CC[C@@H]43)cc2[nH]c1=O. The lowest BCUT2D eigenvalue weighted by Crippen LogP contribution is -2.64. The summed E-state index contributed by atoms with van der Waals surface area (Å²) >= 11 is 0. The Balaban J connectivity index is 1.30. The number of nitrogens with one attached hydrogen (secondary N) is 2. The largest absolute Gasteiger partial charge is 0.364 e. The molecule has 7 heteroatoms. The van der Waals surface area contributed by atoms with Crippen LogP contribution in [0.5, 0.6) is 0 Å². The summed E-state index contributed by atoms with van der Waals surface area (Å²) in [7, 11) is 1.62. The quantitative estimate of drug-likeness (QED) is 0.649. The molecule has 1 saturated carbocycles. The van der Waals surface area contributed by atoms with E-state index in [0.29, 0.717) is 17.8 Å². The Hall–Kier alpha value is -3.19. The number of amides is 1. The maximum Gasteiger partial charge on any atom is 0.269 e. The standard InChI is InChI=1S/C25H29N5O2/c1-3-17-13-18-5-4-16(12-21(18)28-24(17)31)15-29-10-11-30(23-9-8-22(23)29)19-6-7-20(27-14-19)25(32)26-2/h4-7,12-14,22-23H,3,8-11,15H2,1-2H3,(H,26,32)(H,28,31)/t22-,23+/m0/s1. The number of piperazine rings is 1. The van der Waals surface area contributed by atoms with Crippen LogP contribution in [0.25, 0.3) is 10.9 Å². The number of fused-ring (bicyclic) bond motifs is 2. The number of hydrogen-bond acceptors (Lipinski definition) is 5. The van der Waals surface area contributed by atoms with Gasteiger partial charge in [0.1, 0.15) is 5.69 Å². The summed E-state index contributed by atoms with van der Waals surface area (Å²) < 4.78 is 0. The van der Waals surface area contributed by atoms with E-state index in [1.165, 1.54) is 18.4 Å². The van der Waals surface area contributed by atoms with Gasteiger partial charge in [-0.1, -0.05) is 19.1 Å². The highest BCUT2D eigenvalue weighted by molar-refractivity contribution is 5.92. The topological polar surface area (TPSA) is 81.3 Å². The third-order valence-electron chi connectivity index (χ3n) is 6.99. The zero-order chi connectivity index (χ0) is 22.2. The molecule has 2 fully saturated rings. The normalized spacial score (nSPS) is 20.6. The molecule has 1 aliphatic heterocycles. The molecule has 32 heavy (non-hydrogen) atoms. The number of aromatic amines is 1. The first kappa shape index (κ1) is 20.7. The molecule has 3 heterocycles. The molecule has 1 amide bonds. The van der Waals surface area contributed by atoms with E-state index in [9.17, 15) is 9.59 Å². The molecule has 5 rings (SSSR count). The first-order chi connectivity index (χ1) is 15.6. The maximum atomic E-state index is 12.2. The second-order valence-corrected chi connectivity index (χ2v) is 8.76. The predicted molar refractivity (Wildman–Crippen MR) is 126 cm³/mol. The molecule has 0 spiro atoms. The number of aromatic nitrogens is 2. The Kier molecular flexibility index (Phi) is 5.43. The van der Waals surface area contributed by atoms with Gasteiger partial charge in [-0.25, -0.2) is 4.98 Å². The number of rotatable bonds is 5. The van der Waals surface area contributed by atoms with Crippen LogP contribution >= 0.6 is 0 Å². The van der Waals surface area contributed by atoms with Gasteiger partial charge in [0, 0.05) is 49.8 Å². The van der Waals surface area contributed by atoms with Crippen LogP contribution in [0.1, 0.15) is 41.4 Å². The van der Waals surface area contributed by atoms with Gasteiger partial charge >= 0.3 is 0 Å². The summed E-state index contributed by atoms with van der Waals surface area (Å²) in [5, 5.41) is 3.70. The average molecular weight is 432 g/mol. The predicted octanol–water partition coefficient (Wildman–Crippen LogP) is 2.70. The van der Waals surface area contributed by atoms with E-state index in [0.717, 1.165) is 48.2 Å². The van der Waals surface area contributed by atoms with Gasteiger partial charge < -0.3 is 15.2 Å². The van der Waals surface area contributed by atoms with Crippen LogP contribution in [0.3, 0.4) is 0 Å². The van der Waals surface area contributed by atoms with Crippen molar-refractivity contribution in [3.63, 3.8) is 0 Å². The second-order valence-electron chi connectivity index (χ2n) is 8.76. The molecular formula is C25H29N5O2. The van der Waals surface area contributed by atoms with Crippen molar-refractivity contribution in [1.29, 1.82) is 0 Å². The van der Waals surface area contributed by atoms with Gasteiger partial charge in [-0.2, -0.15) is 0 Å². The number of hydrogen-bond donors (Lipinski definition) is 2. The maximum absolute atomic E-state index is 12.2. The van der Waals surface area contributed by atoms with Crippen molar-refractivity contribution in [2.45, 2.75) is 44.8 Å². The van der Waals surface area contributed by atoms with E-state index in [1.54, 1.807) is 13.1 Å². The Bertz CT molecular complexity index is 1200. The van der Waals surface area contributed by atoms with Crippen LogP contribution in [0.4, 0.5) is 5.69 Å². The van der Waals surface area contributed by atoms with E-state index in [-0.39, 0.29) is 11.5 Å². The van der Waals surface area contributed by atoms with Crippen LogP contribution in [0, 0.1) is 0 Å². The van der Waals surface area contributed by atoms with Gasteiger partial charge in [-0.15, -0.1) is 0 Å². The van der Waals surface area contributed by atoms with Crippen molar-refractivity contribution in [3.05, 3.63) is 69.8 Å². The number of carbonyl (C=O) groups is 1. The summed E-state index contributed by atoms with van der Waals surface area (Å²) in [6.07, 6.45) is 4.92. The van der Waals surface area contributed by atoms with Crippen molar-refractivity contribution >= 4 is 22.5 Å². The molecule has 1 saturated heterocycles. The van der Waals surface area contributed by atoms with E-state index in [1.807, 2.05) is 25.3 Å². The molecule has 2 aliphatic rings. The molecule has 0 bridgehead atoms.